The quantitative estimate of drug-likeness (QED) is 0.254. The zero-order valence-electron chi connectivity index (χ0n) is 14.9. The number of para-hydroxylation sites is 1. The number of hydrogen-bond acceptors (Lipinski definition) is 3. The Hall–Kier alpha value is -1.98. The Balaban J connectivity index is 0.00000364. The zero-order valence-corrected chi connectivity index (χ0v) is 17.2. The van der Waals surface area contributed by atoms with Crippen molar-refractivity contribution in [3.8, 4) is 5.75 Å². The molecule has 1 aromatic heterocycles. The van der Waals surface area contributed by atoms with Crippen LogP contribution in [0.15, 0.2) is 48.0 Å². The summed E-state index contributed by atoms with van der Waals surface area (Å²) < 4.78 is 43.4. The van der Waals surface area contributed by atoms with E-state index in [0.717, 1.165) is 13.0 Å². The van der Waals surface area contributed by atoms with E-state index in [1.165, 1.54) is 12.1 Å². The lowest BCUT2D eigenvalue weighted by Crippen LogP contribution is -2.38. The molecule has 2 N–H and O–H groups in total. The Morgan fingerprint density at radius 1 is 1.26 bits per heavy atom. The van der Waals surface area contributed by atoms with Crippen molar-refractivity contribution in [2.24, 2.45) is 4.99 Å². The number of aromatic nitrogens is 2. The van der Waals surface area contributed by atoms with E-state index in [1.54, 1.807) is 24.7 Å². The van der Waals surface area contributed by atoms with E-state index in [1.807, 2.05) is 17.7 Å². The Bertz CT molecular complexity index is 692. The summed E-state index contributed by atoms with van der Waals surface area (Å²) in [5.41, 5.74) is 0.362. The smallest absolute Gasteiger partial charge is 0.405 e. The molecule has 0 saturated carbocycles. The number of nitrogens with zero attached hydrogens (tertiary/aromatic N) is 3. The molecule has 0 aliphatic carbocycles. The first-order valence-electron chi connectivity index (χ1n) is 8.29. The lowest BCUT2D eigenvalue weighted by atomic mass is 10.2. The van der Waals surface area contributed by atoms with Crippen LogP contribution in [-0.4, -0.2) is 35.0 Å². The standard InChI is InChI=1S/C17H22F3N5O.HI/c1-2-22-16(23-8-5-10-25-11-9-21-13-25)24-12-14-6-3-4-7-15(14)26-17(18,19)20;/h3-4,6-7,9,11,13H,2,5,8,10,12H2,1H3,(H2,22,23,24);1H. The third kappa shape index (κ3) is 8.98. The predicted molar refractivity (Wildman–Crippen MR) is 108 cm³/mol. The number of ether oxygens (including phenoxy) is 1. The molecule has 0 atom stereocenters. The molecule has 0 fully saturated rings. The molecule has 0 unspecified atom stereocenters. The fourth-order valence-corrected chi connectivity index (χ4v) is 2.25. The third-order valence-electron chi connectivity index (χ3n) is 3.39. The summed E-state index contributed by atoms with van der Waals surface area (Å²) in [6.45, 7) is 4.12. The molecule has 0 radical (unpaired) electrons. The summed E-state index contributed by atoms with van der Waals surface area (Å²) >= 11 is 0. The number of nitrogens with one attached hydrogen (secondary N) is 2. The third-order valence-corrected chi connectivity index (χ3v) is 3.39. The van der Waals surface area contributed by atoms with Crippen LogP contribution < -0.4 is 15.4 Å². The fourth-order valence-electron chi connectivity index (χ4n) is 2.25. The van der Waals surface area contributed by atoms with Crippen LogP contribution in [-0.2, 0) is 13.1 Å². The van der Waals surface area contributed by atoms with Gasteiger partial charge in [-0.1, -0.05) is 18.2 Å². The summed E-state index contributed by atoms with van der Waals surface area (Å²) in [7, 11) is 0. The summed E-state index contributed by atoms with van der Waals surface area (Å²) in [6.07, 6.45) is 1.48. The number of aliphatic imine (C=N–C) groups is 1. The SMILES string of the molecule is CCNC(=NCc1ccccc1OC(F)(F)F)NCCCn1ccnc1.I. The van der Waals surface area contributed by atoms with Crippen LogP contribution in [0.3, 0.4) is 0 Å². The van der Waals surface area contributed by atoms with Gasteiger partial charge in [0.1, 0.15) is 5.75 Å². The van der Waals surface area contributed by atoms with E-state index < -0.39 is 6.36 Å². The van der Waals surface area contributed by atoms with Crippen molar-refractivity contribution < 1.29 is 17.9 Å². The first-order chi connectivity index (χ1) is 12.5. The largest absolute Gasteiger partial charge is 0.573 e. The Morgan fingerprint density at radius 2 is 2.04 bits per heavy atom. The molecule has 27 heavy (non-hydrogen) atoms. The second-order valence-corrected chi connectivity index (χ2v) is 5.43. The van der Waals surface area contributed by atoms with E-state index in [4.69, 9.17) is 0 Å². The normalized spacial score (nSPS) is 11.6. The molecular weight excluding hydrogens is 474 g/mol. The maximum absolute atomic E-state index is 12.5. The second kappa shape index (κ2) is 11.7. The highest BCUT2D eigenvalue weighted by Crippen LogP contribution is 2.26. The lowest BCUT2D eigenvalue weighted by Gasteiger charge is -2.14. The molecule has 0 saturated heterocycles. The minimum absolute atomic E-state index is 0. The summed E-state index contributed by atoms with van der Waals surface area (Å²) in [5, 5.41) is 6.23. The topological polar surface area (TPSA) is 63.5 Å². The van der Waals surface area contributed by atoms with Crippen LogP contribution in [0.2, 0.25) is 0 Å². The maximum atomic E-state index is 12.5. The minimum Gasteiger partial charge on any atom is -0.405 e. The number of aryl methyl sites for hydroxylation is 1. The van der Waals surface area contributed by atoms with Gasteiger partial charge >= 0.3 is 6.36 Å². The van der Waals surface area contributed by atoms with Gasteiger partial charge in [0.15, 0.2) is 5.96 Å². The van der Waals surface area contributed by atoms with Crippen molar-refractivity contribution in [2.45, 2.75) is 32.8 Å². The molecule has 0 aliphatic heterocycles. The highest BCUT2D eigenvalue weighted by atomic mass is 127. The second-order valence-electron chi connectivity index (χ2n) is 5.43. The number of guanidine groups is 1. The highest BCUT2D eigenvalue weighted by molar-refractivity contribution is 14.0. The zero-order chi connectivity index (χ0) is 18.8. The first kappa shape index (κ1) is 23.1. The monoisotopic (exact) mass is 497 g/mol. The lowest BCUT2D eigenvalue weighted by molar-refractivity contribution is -0.274. The van der Waals surface area contributed by atoms with Crippen LogP contribution in [0.5, 0.6) is 5.75 Å². The number of rotatable bonds is 8. The van der Waals surface area contributed by atoms with E-state index in [-0.39, 0.29) is 36.3 Å². The van der Waals surface area contributed by atoms with Crippen LogP contribution in [0.25, 0.3) is 0 Å². The van der Waals surface area contributed by atoms with Gasteiger partial charge in [0, 0.05) is 37.6 Å². The summed E-state index contributed by atoms with van der Waals surface area (Å²) in [5.74, 6) is 0.305. The van der Waals surface area contributed by atoms with Crippen LogP contribution in [0.1, 0.15) is 18.9 Å². The van der Waals surface area contributed by atoms with Gasteiger partial charge in [-0.2, -0.15) is 0 Å². The van der Waals surface area contributed by atoms with Crippen LogP contribution >= 0.6 is 24.0 Å². The summed E-state index contributed by atoms with van der Waals surface area (Å²) in [6, 6.07) is 5.99. The van der Waals surface area contributed by atoms with Crippen molar-refractivity contribution in [3.05, 3.63) is 48.5 Å². The molecule has 0 spiro atoms. The molecule has 2 aromatic rings. The Morgan fingerprint density at radius 3 is 2.70 bits per heavy atom. The predicted octanol–water partition coefficient (Wildman–Crippen LogP) is 3.55. The minimum atomic E-state index is -4.73. The molecule has 6 nitrogen and oxygen atoms in total. The van der Waals surface area contributed by atoms with Crippen molar-refractivity contribution in [3.63, 3.8) is 0 Å². The van der Waals surface area contributed by atoms with Gasteiger partial charge in [0.2, 0.25) is 0 Å². The molecule has 10 heteroatoms. The van der Waals surface area contributed by atoms with Gasteiger partial charge in [0.25, 0.3) is 0 Å². The number of alkyl halides is 3. The molecule has 2 rings (SSSR count). The number of hydrogen-bond donors (Lipinski definition) is 2. The van der Waals surface area contributed by atoms with Gasteiger partial charge < -0.3 is 19.9 Å². The van der Waals surface area contributed by atoms with E-state index in [2.05, 4.69) is 25.3 Å². The van der Waals surface area contributed by atoms with E-state index >= 15 is 0 Å². The average molecular weight is 497 g/mol. The number of halogens is 4. The summed E-state index contributed by atoms with van der Waals surface area (Å²) in [4.78, 5) is 8.31. The Labute approximate surface area is 173 Å². The van der Waals surface area contributed by atoms with Crippen molar-refractivity contribution in [1.82, 2.24) is 20.2 Å². The van der Waals surface area contributed by atoms with Gasteiger partial charge in [-0.25, -0.2) is 9.98 Å². The number of benzene rings is 1. The van der Waals surface area contributed by atoms with E-state index in [9.17, 15) is 13.2 Å². The molecular formula is C17H23F3IN5O. The van der Waals surface area contributed by atoms with Crippen LogP contribution in [0.4, 0.5) is 13.2 Å². The molecule has 1 aromatic carbocycles. The molecule has 0 amide bonds. The first-order valence-corrected chi connectivity index (χ1v) is 8.29. The fraction of sp³-hybridized carbons (Fsp3) is 0.412. The van der Waals surface area contributed by atoms with Crippen molar-refractivity contribution in [1.29, 1.82) is 0 Å². The van der Waals surface area contributed by atoms with E-state index in [0.29, 0.717) is 24.6 Å². The molecule has 1 heterocycles. The highest BCUT2D eigenvalue weighted by Gasteiger charge is 2.31. The Kier molecular flexibility index (Phi) is 9.97. The van der Waals surface area contributed by atoms with Crippen molar-refractivity contribution in [2.75, 3.05) is 13.1 Å². The van der Waals surface area contributed by atoms with Gasteiger partial charge in [-0.3, -0.25) is 0 Å². The van der Waals surface area contributed by atoms with Gasteiger partial charge in [-0.15, -0.1) is 37.1 Å². The molecule has 150 valence electrons. The van der Waals surface area contributed by atoms with Gasteiger partial charge in [0.05, 0.1) is 12.9 Å². The van der Waals surface area contributed by atoms with Crippen LogP contribution in [0, 0.1) is 0 Å². The van der Waals surface area contributed by atoms with Crippen molar-refractivity contribution >= 4 is 29.9 Å². The molecule has 0 bridgehead atoms. The maximum Gasteiger partial charge on any atom is 0.573 e. The van der Waals surface area contributed by atoms with Gasteiger partial charge in [-0.05, 0) is 19.4 Å². The average Bonchev–Trinajstić information content (AvgIpc) is 3.09. The molecule has 0 aliphatic rings. The number of imidazole rings is 1.